The van der Waals surface area contributed by atoms with Gasteiger partial charge in [0.05, 0.1) is 0 Å². The molecule has 0 fully saturated rings. The molecule has 1 aliphatic heterocycles. The molecular formula is C20H21N3O3. The smallest absolute Gasteiger partial charge is 0.316 e. The summed E-state index contributed by atoms with van der Waals surface area (Å²) in [6.07, 6.45) is 1.81. The third kappa shape index (κ3) is 3.59. The number of benzene rings is 2. The van der Waals surface area contributed by atoms with Crippen LogP contribution in [0.5, 0.6) is 0 Å². The Labute approximate surface area is 152 Å². The van der Waals surface area contributed by atoms with E-state index >= 15 is 0 Å². The predicted molar refractivity (Wildman–Crippen MR) is 101 cm³/mol. The van der Waals surface area contributed by atoms with E-state index in [4.69, 9.17) is 0 Å². The zero-order chi connectivity index (χ0) is 18.7. The molecule has 0 saturated carbocycles. The summed E-state index contributed by atoms with van der Waals surface area (Å²) in [6, 6.07) is 14.4. The second-order valence-electron chi connectivity index (χ2n) is 6.27. The van der Waals surface area contributed by atoms with Crippen LogP contribution in [0, 0.1) is 0 Å². The van der Waals surface area contributed by atoms with Gasteiger partial charge in [-0.3, -0.25) is 14.4 Å². The van der Waals surface area contributed by atoms with E-state index in [9.17, 15) is 14.4 Å². The molecule has 0 saturated heterocycles. The predicted octanol–water partition coefficient (Wildman–Crippen LogP) is 2.59. The van der Waals surface area contributed by atoms with Gasteiger partial charge in [-0.25, -0.2) is 0 Å². The number of likely N-dealkylation sites (N-methyl/N-ethyl adjacent to an activating group) is 1. The Kier molecular flexibility index (Phi) is 5.02. The van der Waals surface area contributed by atoms with Crippen molar-refractivity contribution in [3.8, 4) is 0 Å². The van der Waals surface area contributed by atoms with Gasteiger partial charge >= 0.3 is 11.8 Å². The van der Waals surface area contributed by atoms with E-state index in [2.05, 4.69) is 5.32 Å². The van der Waals surface area contributed by atoms with Crippen molar-refractivity contribution >= 4 is 34.8 Å². The van der Waals surface area contributed by atoms with Crippen molar-refractivity contribution in [1.82, 2.24) is 0 Å². The summed E-state index contributed by atoms with van der Waals surface area (Å²) in [6.45, 7) is 2.19. The molecule has 0 bridgehead atoms. The van der Waals surface area contributed by atoms with Gasteiger partial charge in [0.1, 0.15) is 0 Å². The highest BCUT2D eigenvalue weighted by Gasteiger charge is 2.23. The molecule has 3 amide bonds. The van der Waals surface area contributed by atoms with Crippen LogP contribution >= 0.6 is 0 Å². The number of carbonyl (C=O) groups excluding carboxylic acids is 3. The molecule has 1 aliphatic rings. The quantitative estimate of drug-likeness (QED) is 0.846. The molecule has 6 heteroatoms. The van der Waals surface area contributed by atoms with E-state index in [0.29, 0.717) is 17.9 Å². The highest BCUT2D eigenvalue weighted by atomic mass is 16.2. The Bertz CT molecular complexity index is 849. The van der Waals surface area contributed by atoms with Crippen LogP contribution in [0.25, 0.3) is 0 Å². The molecule has 0 aliphatic carbocycles. The maximum absolute atomic E-state index is 12.4. The van der Waals surface area contributed by atoms with Crippen LogP contribution in [0.4, 0.5) is 17.1 Å². The summed E-state index contributed by atoms with van der Waals surface area (Å²) in [5, 5.41) is 2.63. The Morgan fingerprint density at radius 2 is 1.81 bits per heavy atom. The summed E-state index contributed by atoms with van der Waals surface area (Å²) in [5.74, 6) is -1.41. The van der Waals surface area contributed by atoms with E-state index in [1.165, 1.54) is 11.8 Å². The summed E-state index contributed by atoms with van der Waals surface area (Å²) < 4.78 is 0. The maximum Gasteiger partial charge on any atom is 0.316 e. The van der Waals surface area contributed by atoms with Gasteiger partial charge < -0.3 is 15.1 Å². The van der Waals surface area contributed by atoms with Crippen LogP contribution in [0.2, 0.25) is 0 Å². The zero-order valence-corrected chi connectivity index (χ0v) is 14.9. The normalized spacial score (nSPS) is 12.9. The van der Waals surface area contributed by atoms with Crippen molar-refractivity contribution in [3.05, 3.63) is 54.1 Å². The molecule has 6 nitrogen and oxygen atoms in total. The Morgan fingerprint density at radius 1 is 1.08 bits per heavy atom. The number of amides is 3. The lowest BCUT2D eigenvalue weighted by molar-refractivity contribution is -0.134. The number of rotatable bonds is 2. The van der Waals surface area contributed by atoms with Gasteiger partial charge in [0.25, 0.3) is 0 Å². The number of nitrogens with one attached hydrogen (secondary N) is 1. The Morgan fingerprint density at radius 3 is 2.50 bits per heavy atom. The largest absolute Gasteiger partial charge is 0.318 e. The summed E-state index contributed by atoms with van der Waals surface area (Å²) >= 11 is 0. The first-order valence-electron chi connectivity index (χ1n) is 8.52. The average molecular weight is 351 g/mol. The molecule has 1 N–H and O–H groups in total. The summed E-state index contributed by atoms with van der Waals surface area (Å²) in [4.78, 5) is 39.5. The highest BCUT2D eigenvalue weighted by molar-refractivity contribution is 6.44. The summed E-state index contributed by atoms with van der Waals surface area (Å²) in [7, 11) is 1.56. The van der Waals surface area contributed by atoms with Crippen LogP contribution in [0.3, 0.4) is 0 Å². The van der Waals surface area contributed by atoms with Gasteiger partial charge in [0, 0.05) is 37.6 Å². The fraction of sp³-hybridized carbons (Fsp3) is 0.250. The van der Waals surface area contributed by atoms with Crippen LogP contribution in [0.15, 0.2) is 48.5 Å². The number of para-hydroxylation sites is 1. The van der Waals surface area contributed by atoms with Crippen molar-refractivity contribution in [2.75, 3.05) is 28.7 Å². The van der Waals surface area contributed by atoms with Gasteiger partial charge in [-0.1, -0.05) is 24.3 Å². The molecule has 0 aromatic heterocycles. The Balaban J connectivity index is 1.76. The van der Waals surface area contributed by atoms with Gasteiger partial charge in [-0.2, -0.15) is 0 Å². The standard InChI is InChI=1S/C20H21N3O3/c1-14(24)23-12-6-7-15-10-11-16(13-18(15)23)21-19(25)20(26)22(2)17-8-4-3-5-9-17/h3-5,8-11,13H,6-7,12H2,1-2H3,(H,21,25). The number of nitrogens with zero attached hydrogens (tertiary/aromatic N) is 2. The molecule has 134 valence electrons. The van der Waals surface area contributed by atoms with Crippen LogP contribution in [-0.2, 0) is 20.8 Å². The zero-order valence-electron chi connectivity index (χ0n) is 14.9. The van der Waals surface area contributed by atoms with Crippen molar-refractivity contribution in [1.29, 1.82) is 0 Å². The minimum atomic E-state index is -0.721. The van der Waals surface area contributed by atoms with Crippen LogP contribution in [-0.4, -0.2) is 31.3 Å². The van der Waals surface area contributed by atoms with E-state index in [-0.39, 0.29) is 5.91 Å². The first-order chi connectivity index (χ1) is 12.5. The molecule has 0 radical (unpaired) electrons. The molecule has 26 heavy (non-hydrogen) atoms. The number of aryl methyl sites for hydroxylation is 1. The number of fused-ring (bicyclic) bond motifs is 1. The topological polar surface area (TPSA) is 69.7 Å². The van der Waals surface area contributed by atoms with Gasteiger partial charge in [0.15, 0.2) is 0 Å². The van der Waals surface area contributed by atoms with Crippen molar-refractivity contribution in [2.45, 2.75) is 19.8 Å². The van der Waals surface area contributed by atoms with E-state index in [1.54, 1.807) is 48.3 Å². The number of carbonyl (C=O) groups is 3. The molecule has 2 aromatic rings. The number of hydrogen-bond acceptors (Lipinski definition) is 3. The molecule has 3 rings (SSSR count). The lowest BCUT2D eigenvalue weighted by atomic mass is 10.0. The minimum Gasteiger partial charge on any atom is -0.318 e. The first-order valence-corrected chi connectivity index (χ1v) is 8.52. The van der Waals surface area contributed by atoms with Gasteiger partial charge in [-0.15, -0.1) is 0 Å². The second-order valence-corrected chi connectivity index (χ2v) is 6.27. The Hall–Kier alpha value is -3.15. The highest BCUT2D eigenvalue weighted by Crippen LogP contribution is 2.30. The molecule has 1 heterocycles. The second kappa shape index (κ2) is 7.39. The summed E-state index contributed by atoms with van der Waals surface area (Å²) in [5.41, 5.74) is 3.00. The molecule has 0 atom stereocenters. The lowest BCUT2D eigenvalue weighted by Crippen LogP contribution is -2.37. The van der Waals surface area contributed by atoms with Crippen molar-refractivity contribution < 1.29 is 14.4 Å². The van der Waals surface area contributed by atoms with Gasteiger partial charge in [0.2, 0.25) is 5.91 Å². The molecule has 0 unspecified atom stereocenters. The van der Waals surface area contributed by atoms with E-state index in [0.717, 1.165) is 24.1 Å². The monoisotopic (exact) mass is 351 g/mol. The third-order valence-corrected chi connectivity index (χ3v) is 4.48. The fourth-order valence-corrected chi connectivity index (χ4v) is 3.09. The first kappa shape index (κ1) is 17.7. The van der Waals surface area contributed by atoms with Crippen molar-refractivity contribution in [3.63, 3.8) is 0 Å². The number of anilines is 3. The minimum absolute atomic E-state index is 0.0330. The fourth-order valence-electron chi connectivity index (χ4n) is 3.09. The molecular weight excluding hydrogens is 330 g/mol. The molecule has 2 aromatic carbocycles. The molecule has 0 spiro atoms. The SMILES string of the molecule is CC(=O)N1CCCc2ccc(NC(=O)C(=O)N(C)c3ccccc3)cc21. The third-order valence-electron chi connectivity index (χ3n) is 4.48. The van der Waals surface area contributed by atoms with Crippen LogP contribution < -0.4 is 15.1 Å². The average Bonchev–Trinajstić information content (AvgIpc) is 2.66. The van der Waals surface area contributed by atoms with Crippen molar-refractivity contribution in [2.24, 2.45) is 0 Å². The van der Waals surface area contributed by atoms with Gasteiger partial charge in [-0.05, 0) is 42.7 Å². The maximum atomic E-state index is 12.4. The van der Waals surface area contributed by atoms with E-state index < -0.39 is 11.8 Å². The number of hydrogen-bond donors (Lipinski definition) is 1. The lowest BCUT2D eigenvalue weighted by Gasteiger charge is -2.29. The van der Waals surface area contributed by atoms with Crippen LogP contribution in [0.1, 0.15) is 18.9 Å². The van der Waals surface area contributed by atoms with E-state index in [1.807, 2.05) is 12.1 Å².